The molecule has 0 rings (SSSR count). The van der Waals surface area contributed by atoms with Gasteiger partial charge in [0.2, 0.25) is 0 Å². The van der Waals surface area contributed by atoms with Crippen molar-refractivity contribution in [3.8, 4) is 0 Å². The van der Waals surface area contributed by atoms with E-state index in [1.54, 1.807) is 0 Å². The minimum Gasteiger partial charge on any atom is -0.306 e. The van der Waals surface area contributed by atoms with Crippen molar-refractivity contribution in [3.05, 3.63) is 0 Å². The lowest BCUT2D eigenvalue weighted by molar-refractivity contribution is 0.0787. The maximum atomic E-state index is 2.47. The molecule has 0 aliphatic carbocycles. The van der Waals surface area contributed by atoms with Gasteiger partial charge in [0.1, 0.15) is 0 Å². The Morgan fingerprint density at radius 2 is 1.67 bits per heavy atom. The summed E-state index contributed by atoms with van der Waals surface area (Å²) in [4.78, 5) is 2.45. The number of hydrogen-bond donors (Lipinski definition) is 0. The molecule has 0 aromatic heterocycles. The molecule has 0 bridgehead atoms. The molecule has 0 heterocycles. The van der Waals surface area contributed by atoms with Gasteiger partial charge in [-0.15, -0.1) is 0 Å². The van der Waals surface area contributed by atoms with Crippen LogP contribution < -0.4 is 0 Å². The molecule has 0 radical (unpaired) electrons. The average Bonchev–Trinajstić information content (AvgIpc) is 2.17. The van der Waals surface area contributed by atoms with Gasteiger partial charge in [0.15, 0.2) is 0 Å². The average molecular weight is 213 g/mol. The molecule has 0 spiro atoms. The van der Waals surface area contributed by atoms with Crippen LogP contribution in [-0.2, 0) is 0 Å². The van der Waals surface area contributed by atoms with Crippen LogP contribution >= 0.6 is 0 Å². The first-order valence-electron chi connectivity index (χ1n) is 6.59. The van der Waals surface area contributed by atoms with E-state index in [0.29, 0.717) is 5.41 Å². The first kappa shape index (κ1) is 15.0. The maximum absolute atomic E-state index is 2.47. The zero-order valence-electron chi connectivity index (χ0n) is 11.9. The van der Waals surface area contributed by atoms with Crippen LogP contribution in [0.15, 0.2) is 0 Å². The summed E-state index contributed by atoms with van der Waals surface area (Å²) in [6.07, 6.45) is 2.59. The number of rotatable bonds is 7. The maximum Gasteiger partial charge on any atom is 0.00348 e. The summed E-state index contributed by atoms with van der Waals surface area (Å²) in [6.45, 7) is 16.5. The second-order valence-electron chi connectivity index (χ2n) is 5.60. The molecule has 1 heteroatoms. The van der Waals surface area contributed by atoms with Crippen LogP contribution in [0.3, 0.4) is 0 Å². The molecular formula is C14H31N. The van der Waals surface area contributed by atoms with Crippen molar-refractivity contribution < 1.29 is 0 Å². The molecular weight excluding hydrogens is 182 g/mol. The summed E-state index contributed by atoms with van der Waals surface area (Å²) in [6, 6.07) is 0. The van der Waals surface area contributed by atoms with E-state index in [-0.39, 0.29) is 0 Å². The first-order chi connectivity index (χ1) is 6.91. The van der Waals surface area contributed by atoms with E-state index in [1.165, 1.54) is 19.4 Å². The fourth-order valence-corrected chi connectivity index (χ4v) is 2.99. The summed E-state index contributed by atoms with van der Waals surface area (Å²) >= 11 is 0. The molecule has 0 saturated heterocycles. The summed E-state index contributed by atoms with van der Waals surface area (Å²) < 4.78 is 0. The van der Waals surface area contributed by atoms with Gasteiger partial charge in [0.25, 0.3) is 0 Å². The Balaban J connectivity index is 4.64. The van der Waals surface area contributed by atoms with E-state index in [0.717, 1.165) is 18.4 Å². The standard InChI is InChI=1S/C14H31N/c1-8-13(12(4)5)14(6,9-2)11-15(7)10-3/h12-13H,8-11H2,1-7H3. The van der Waals surface area contributed by atoms with E-state index < -0.39 is 0 Å². The lowest BCUT2D eigenvalue weighted by Crippen LogP contribution is -2.40. The Morgan fingerprint density at radius 1 is 1.13 bits per heavy atom. The van der Waals surface area contributed by atoms with Gasteiger partial charge in [-0.1, -0.05) is 48.0 Å². The quantitative estimate of drug-likeness (QED) is 0.617. The highest BCUT2D eigenvalue weighted by molar-refractivity contribution is 4.84. The fourth-order valence-electron chi connectivity index (χ4n) is 2.99. The predicted octanol–water partition coefficient (Wildman–Crippen LogP) is 4.04. The smallest absolute Gasteiger partial charge is 0.00348 e. The van der Waals surface area contributed by atoms with Crippen molar-refractivity contribution in [2.24, 2.45) is 17.3 Å². The minimum atomic E-state index is 0.480. The highest BCUT2D eigenvalue weighted by Crippen LogP contribution is 2.38. The Morgan fingerprint density at radius 3 is 1.93 bits per heavy atom. The van der Waals surface area contributed by atoms with E-state index >= 15 is 0 Å². The second-order valence-corrected chi connectivity index (χ2v) is 5.60. The molecule has 0 saturated carbocycles. The van der Waals surface area contributed by atoms with Gasteiger partial charge >= 0.3 is 0 Å². The third-order valence-electron chi connectivity index (χ3n) is 4.12. The van der Waals surface area contributed by atoms with Crippen molar-refractivity contribution in [2.45, 2.75) is 54.4 Å². The van der Waals surface area contributed by atoms with Crippen LogP contribution in [0, 0.1) is 17.3 Å². The van der Waals surface area contributed by atoms with Crippen molar-refractivity contribution in [1.29, 1.82) is 0 Å². The van der Waals surface area contributed by atoms with Crippen LogP contribution in [0.2, 0.25) is 0 Å². The third-order valence-corrected chi connectivity index (χ3v) is 4.12. The van der Waals surface area contributed by atoms with Gasteiger partial charge in [0.05, 0.1) is 0 Å². The van der Waals surface area contributed by atoms with Gasteiger partial charge < -0.3 is 4.90 Å². The summed E-state index contributed by atoms with van der Waals surface area (Å²) in [7, 11) is 2.24. The molecule has 0 aromatic carbocycles. The number of nitrogens with zero attached hydrogens (tertiary/aromatic N) is 1. The van der Waals surface area contributed by atoms with E-state index in [9.17, 15) is 0 Å². The third kappa shape index (κ3) is 4.14. The van der Waals surface area contributed by atoms with Gasteiger partial charge in [-0.05, 0) is 37.3 Å². The second kappa shape index (κ2) is 6.52. The highest BCUT2D eigenvalue weighted by atomic mass is 15.1. The fraction of sp³-hybridized carbons (Fsp3) is 1.00. The summed E-state index contributed by atoms with van der Waals surface area (Å²) in [5.74, 6) is 1.64. The topological polar surface area (TPSA) is 3.24 Å². The van der Waals surface area contributed by atoms with E-state index in [2.05, 4.69) is 53.5 Å². The van der Waals surface area contributed by atoms with Crippen LogP contribution in [0.5, 0.6) is 0 Å². The van der Waals surface area contributed by atoms with Crippen molar-refractivity contribution >= 4 is 0 Å². The monoisotopic (exact) mass is 213 g/mol. The van der Waals surface area contributed by atoms with Gasteiger partial charge in [-0.2, -0.15) is 0 Å². The first-order valence-corrected chi connectivity index (χ1v) is 6.59. The SMILES string of the molecule is CCC(C(C)C)C(C)(CC)CN(C)CC. The molecule has 0 aliphatic rings. The van der Waals surface area contributed by atoms with Crippen LogP contribution in [0.4, 0.5) is 0 Å². The highest BCUT2D eigenvalue weighted by Gasteiger charge is 2.33. The summed E-state index contributed by atoms with van der Waals surface area (Å²) in [5.41, 5.74) is 0.480. The molecule has 15 heavy (non-hydrogen) atoms. The molecule has 2 atom stereocenters. The summed E-state index contributed by atoms with van der Waals surface area (Å²) in [5, 5.41) is 0. The van der Waals surface area contributed by atoms with E-state index in [4.69, 9.17) is 0 Å². The molecule has 0 aromatic rings. The van der Waals surface area contributed by atoms with Crippen molar-refractivity contribution in [1.82, 2.24) is 4.90 Å². The van der Waals surface area contributed by atoms with Gasteiger partial charge in [0, 0.05) is 6.54 Å². The molecule has 0 amide bonds. The Labute approximate surface area is 97.2 Å². The molecule has 0 N–H and O–H groups in total. The molecule has 92 valence electrons. The Kier molecular flexibility index (Phi) is 6.51. The predicted molar refractivity (Wildman–Crippen MR) is 70.2 cm³/mol. The van der Waals surface area contributed by atoms with Crippen LogP contribution in [0.1, 0.15) is 54.4 Å². The van der Waals surface area contributed by atoms with Crippen molar-refractivity contribution in [2.75, 3.05) is 20.1 Å². The molecule has 0 aliphatic heterocycles. The van der Waals surface area contributed by atoms with Crippen LogP contribution in [-0.4, -0.2) is 25.0 Å². The lowest BCUT2D eigenvalue weighted by Gasteiger charge is -2.41. The molecule has 0 fully saturated rings. The zero-order chi connectivity index (χ0) is 12.1. The van der Waals surface area contributed by atoms with Crippen LogP contribution in [0.25, 0.3) is 0 Å². The Hall–Kier alpha value is -0.0400. The normalized spacial score (nSPS) is 18.2. The zero-order valence-corrected chi connectivity index (χ0v) is 11.9. The lowest BCUT2D eigenvalue weighted by atomic mass is 9.68. The molecule has 2 unspecified atom stereocenters. The minimum absolute atomic E-state index is 0.480. The van der Waals surface area contributed by atoms with Crippen molar-refractivity contribution in [3.63, 3.8) is 0 Å². The van der Waals surface area contributed by atoms with E-state index in [1.807, 2.05) is 0 Å². The largest absolute Gasteiger partial charge is 0.306 e. The number of hydrogen-bond acceptors (Lipinski definition) is 1. The van der Waals surface area contributed by atoms with Gasteiger partial charge in [-0.3, -0.25) is 0 Å². The van der Waals surface area contributed by atoms with Gasteiger partial charge in [-0.25, -0.2) is 0 Å². The molecule has 1 nitrogen and oxygen atoms in total. The Bertz CT molecular complexity index is 165.